The van der Waals surface area contributed by atoms with E-state index in [0.717, 1.165) is 36.8 Å². The first-order chi connectivity index (χ1) is 16.3. The number of amides is 1. The summed E-state index contributed by atoms with van der Waals surface area (Å²) >= 11 is 0. The molecule has 0 radical (unpaired) electrons. The minimum Gasteiger partial charge on any atom is -0.453 e. The average molecular weight is 485 g/mol. The van der Waals surface area contributed by atoms with E-state index in [9.17, 15) is 18.0 Å². The molecule has 1 saturated heterocycles. The van der Waals surface area contributed by atoms with Crippen LogP contribution in [-0.4, -0.2) is 55.2 Å². The average Bonchev–Trinajstić information content (AvgIpc) is 2.87. The van der Waals surface area contributed by atoms with Gasteiger partial charge in [-0.05, 0) is 61.4 Å². The minimum absolute atomic E-state index is 0.124. The second-order valence-corrected chi connectivity index (χ2v) is 11.0. The Morgan fingerprint density at radius 2 is 1.62 bits per heavy atom. The van der Waals surface area contributed by atoms with Gasteiger partial charge in [-0.15, -0.1) is 0 Å². The van der Waals surface area contributed by atoms with Crippen molar-refractivity contribution in [3.8, 4) is 0 Å². The molecule has 1 fully saturated rings. The van der Waals surface area contributed by atoms with Crippen LogP contribution in [0.5, 0.6) is 0 Å². The lowest BCUT2D eigenvalue weighted by atomic mass is 9.99. The molecule has 0 spiro atoms. The lowest BCUT2D eigenvalue weighted by molar-refractivity contribution is -0.159. The fourth-order valence-corrected chi connectivity index (χ4v) is 6.09. The first kappa shape index (κ1) is 24.4. The van der Waals surface area contributed by atoms with Crippen molar-refractivity contribution in [2.75, 3.05) is 19.6 Å². The fourth-order valence-electron chi connectivity index (χ4n) is 4.58. The van der Waals surface area contributed by atoms with E-state index in [2.05, 4.69) is 6.07 Å². The van der Waals surface area contributed by atoms with E-state index < -0.39 is 22.1 Å². The topological polar surface area (TPSA) is 84.0 Å². The molecule has 0 saturated carbocycles. The van der Waals surface area contributed by atoms with Crippen LogP contribution in [-0.2, 0) is 43.7 Å². The minimum atomic E-state index is -3.47. The molecular formula is C26H32N2O5S. The van der Waals surface area contributed by atoms with Gasteiger partial charge in [0.15, 0.2) is 6.10 Å². The first-order valence-electron chi connectivity index (χ1n) is 12.0. The molecule has 7 nitrogen and oxygen atoms in total. The molecule has 34 heavy (non-hydrogen) atoms. The number of esters is 1. The summed E-state index contributed by atoms with van der Waals surface area (Å²) in [6, 6.07) is 14.8. The summed E-state index contributed by atoms with van der Waals surface area (Å²) in [5.41, 5.74) is 3.23. The third kappa shape index (κ3) is 5.67. The monoisotopic (exact) mass is 484 g/mol. The SMILES string of the molecule is CC(OC(=O)CCc1ccc(S(=O)(=O)N2CCCCC2)cc1)C(=O)N1CCc2ccccc2C1. The third-order valence-electron chi connectivity index (χ3n) is 6.59. The summed E-state index contributed by atoms with van der Waals surface area (Å²) in [5.74, 6) is -0.626. The second-order valence-electron chi connectivity index (χ2n) is 9.02. The maximum absolute atomic E-state index is 12.8. The molecule has 182 valence electrons. The van der Waals surface area contributed by atoms with Crippen LogP contribution in [0.15, 0.2) is 53.4 Å². The molecule has 4 rings (SSSR count). The lowest BCUT2D eigenvalue weighted by Crippen LogP contribution is -2.42. The van der Waals surface area contributed by atoms with E-state index in [1.54, 1.807) is 40.4 Å². The Bertz CT molecular complexity index is 1120. The molecule has 1 unspecified atom stereocenters. The summed E-state index contributed by atoms with van der Waals surface area (Å²) in [6.45, 7) is 3.89. The van der Waals surface area contributed by atoms with Crippen molar-refractivity contribution in [2.45, 2.75) is 63.0 Å². The predicted octanol–water partition coefficient (Wildman–Crippen LogP) is 3.31. The number of hydrogen-bond donors (Lipinski definition) is 0. The number of fused-ring (bicyclic) bond motifs is 1. The molecule has 0 N–H and O–H groups in total. The Balaban J connectivity index is 1.26. The summed E-state index contributed by atoms with van der Waals surface area (Å²) in [6.07, 6.45) is 3.36. The predicted molar refractivity (Wildman–Crippen MR) is 128 cm³/mol. The van der Waals surface area contributed by atoms with Gasteiger partial charge >= 0.3 is 5.97 Å². The van der Waals surface area contributed by atoms with Gasteiger partial charge in [-0.2, -0.15) is 4.31 Å². The van der Waals surface area contributed by atoms with Gasteiger partial charge in [-0.25, -0.2) is 8.42 Å². The van der Waals surface area contributed by atoms with Crippen LogP contribution in [0.3, 0.4) is 0 Å². The molecule has 8 heteroatoms. The van der Waals surface area contributed by atoms with Crippen LogP contribution in [0.25, 0.3) is 0 Å². The molecule has 2 aliphatic heterocycles. The Hall–Kier alpha value is -2.71. The molecule has 1 atom stereocenters. The first-order valence-corrected chi connectivity index (χ1v) is 13.4. The van der Waals surface area contributed by atoms with Crippen molar-refractivity contribution >= 4 is 21.9 Å². The quantitative estimate of drug-likeness (QED) is 0.563. The van der Waals surface area contributed by atoms with Gasteiger partial charge in [-0.3, -0.25) is 9.59 Å². The number of aryl methyl sites for hydroxylation is 1. The zero-order chi connectivity index (χ0) is 24.1. The van der Waals surface area contributed by atoms with E-state index >= 15 is 0 Å². The summed E-state index contributed by atoms with van der Waals surface area (Å²) in [5, 5.41) is 0. The van der Waals surface area contributed by atoms with Crippen LogP contribution < -0.4 is 0 Å². The Morgan fingerprint density at radius 3 is 2.32 bits per heavy atom. The van der Waals surface area contributed by atoms with Gasteiger partial charge < -0.3 is 9.64 Å². The molecule has 2 aromatic carbocycles. The van der Waals surface area contributed by atoms with Crippen LogP contribution in [0, 0.1) is 0 Å². The van der Waals surface area contributed by atoms with Crippen LogP contribution in [0.1, 0.15) is 49.3 Å². The van der Waals surface area contributed by atoms with E-state index in [1.165, 1.54) is 5.56 Å². The molecule has 2 heterocycles. The van der Waals surface area contributed by atoms with Crippen molar-refractivity contribution < 1.29 is 22.7 Å². The number of piperidine rings is 1. The van der Waals surface area contributed by atoms with E-state index in [0.29, 0.717) is 32.6 Å². The van der Waals surface area contributed by atoms with Gasteiger partial charge in [0, 0.05) is 32.6 Å². The van der Waals surface area contributed by atoms with Crippen LogP contribution in [0.4, 0.5) is 0 Å². The van der Waals surface area contributed by atoms with Crippen molar-refractivity contribution in [2.24, 2.45) is 0 Å². The second kappa shape index (κ2) is 10.7. The van der Waals surface area contributed by atoms with Crippen LogP contribution >= 0.6 is 0 Å². The molecule has 0 aromatic heterocycles. The number of carbonyl (C=O) groups excluding carboxylic acids is 2. The van der Waals surface area contributed by atoms with E-state index in [4.69, 9.17) is 4.74 Å². The highest BCUT2D eigenvalue weighted by molar-refractivity contribution is 7.89. The smallest absolute Gasteiger partial charge is 0.306 e. The standard InChI is InChI=1S/C26H32N2O5S/c1-20(26(30)27-18-15-22-7-3-4-8-23(22)19-27)33-25(29)14-11-21-9-12-24(13-10-21)34(31,32)28-16-5-2-6-17-28/h3-4,7-10,12-13,20H,2,5-6,11,14-19H2,1H3. The summed E-state index contributed by atoms with van der Waals surface area (Å²) < 4.78 is 32.5. The fraction of sp³-hybridized carbons (Fsp3) is 0.462. The summed E-state index contributed by atoms with van der Waals surface area (Å²) in [7, 11) is -3.47. The molecule has 0 bridgehead atoms. The molecule has 2 aliphatic rings. The Kier molecular flexibility index (Phi) is 7.68. The third-order valence-corrected chi connectivity index (χ3v) is 8.51. The van der Waals surface area contributed by atoms with Crippen molar-refractivity contribution in [3.05, 3.63) is 65.2 Å². The number of rotatable bonds is 7. The van der Waals surface area contributed by atoms with E-state index in [-0.39, 0.29) is 17.2 Å². The molecule has 1 amide bonds. The van der Waals surface area contributed by atoms with Gasteiger partial charge in [0.25, 0.3) is 5.91 Å². The maximum Gasteiger partial charge on any atom is 0.306 e. The maximum atomic E-state index is 12.8. The van der Waals surface area contributed by atoms with Crippen molar-refractivity contribution in [1.29, 1.82) is 0 Å². The zero-order valence-corrected chi connectivity index (χ0v) is 20.4. The lowest BCUT2D eigenvalue weighted by Gasteiger charge is -2.30. The van der Waals surface area contributed by atoms with Gasteiger partial charge in [0.2, 0.25) is 10.0 Å². The Labute approximate surface area is 201 Å². The normalized spacial score (nSPS) is 17.6. The number of sulfonamides is 1. The van der Waals surface area contributed by atoms with Crippen molar-refractivity contribution in [1.82, 2.24) is 9.21 Å². The highest BCUT2D eigenvalue weighted by Crippen LogP contribution is 2.22. The van der Waals surface area contributed by atoms with Crippen LogP contribution in [0.2, 0.25) is 0 Å². The van der Waals surface area contributed by atoms with E-state index in [1.807, 2.05) is 18.2 Å². The zero-order valence-electron chi connectivity index (χ0n) is 19.6. The number of nitrogens with zero attached hydrogens (tertiary/aromatic N) is 2. The number of benzene rings is 2. The molecule has 2 aromatic rings. The van der Waals surface area contributed by atoms with Gasteiger partial charge in [0.05, 0.1) is 4.90 Å². The number of ether oxygens (including phenoxy) is 1. The van der Waals surface area contributed by atoms with Gasteiger partial charge in [0.1, 0.15) is 0 Å². The highest BCUT2D eigenvalue weighted by atomic mass is 32.2. The molecular weight excluding hydrogens is 452 g/mol. The molecule has 0 aliphatic carbocycles. The highest BCUT2D eigenvalue weighted by Gasteiger charge is 2.27. The summed E-state index contributed by atoms with van der Waals surface area (Å²) in [4.78, 5) is 27.1. The number of carbonyl (C=O) groups is 2. The van der Waals surface area contributed by atoms with Gasteiger partial charge in [-0.1, -0.05) is 42.8 Å². The Morgan fingerprint density at radius 1 is 0.941 bits per heavy atom. The number of hydrogen-bond acceptors (Lipinski definition) is 5. The largest absolute Gasteiger partial charge is 0.453 e. The van der Waals surface area contributed by atoms with Crippen molar-refractivity contribution in [3.63, 3.8) is 0 Å².